The van der Waals surface area contributed by atoms with Crippen molar-refractivity contribution >= 4 is 22.1 Å². The van der Waals surface area contributed by atoms with Crippen LogP contribution in [0.1, 0.15) is 23.6 Å². The van der Waals surface area contributed by atoms with Crippen molar-refractivity contribution in [3.63, 3.8) is 0 Å². The van der Waals surface area contributed by atoms with Gasteiger partial charge < -0.3 is 14.2 Å². The van der Waals surface area contributed by atoms with E-state index in [-0.39, 0.29) is 6.61 Å². The largest absolute Gasteiger partial charge is 0.513 e. The van der Waals surface area contributed by atoms with Gasteiger partial charge in [-0.3, -0.25) is 0 Å². The van der Waals surface area contributed by atoms with Gasteiger partial charge in [0.2, 0.25) is 0 Å². The first-order chi connectivity index (χ1) is 11.0. The van der Waals surface area contributed by atoms with E-state index in [1.807, 2.05) is 18.2 Å². The summed E-state index contributed by atoms with van der Waals surface area (Å²) in [6.45, 7) is 4.43. The number of ether oxygens (including phenoxy) is 3. The molecule has 4 nitrogen and oxygen atoms in total. The molecule has 0 saturated heterocycles. The molecule has 0 fully saturated rings. The third-order valence-corrected chi connectivity index (χ3v) is 4.15. The topological polar surface area (TPSA) is 44.8 Å². The Kier molecular flexibility index (Phi) is 6.04. The number of benzene rings is 2. The van der Waals surface area contributed by atoms with Crippen molar-refractivity contribution in [3.8, 4) is 11.5 Å². The highest BCUT2D eigenvalue weighted by molar-refractivity contribution is 9.10. The van der Waals surface area contributed by atoms with Crippen LogP contribution < -0.4 is 9.47 Å². The molecule has 2 aromatic rings. The van der Waals surface area contributed by atoms with Crippen molar-refractivity contribution < 1.29 is 19.0 Å². The van der Waals surface area contributed by atoms with Crippen LogP contribution in [0.3, 0.4) is 0 Å². The Morgan fingerprint density at radius 1 is 1.17 bits per heavy atom. The fourth-order valence-electron chi connectivity index (χ4n) is 2.18. The molecule has 2 rings (SSSR count). The molecule has 0 spiro atoms. The Morgan fingerprint density at radius 3 is 2.65 bits per heavy atom. The van der Waals surface area contributed by atoms with Gasteiger partial charge in [0.1, 0.15) is 18.1 Å². The maximum absolute atomic E-state index is 11.4. The fourth-order valence-corrected chi connectivity index (χ4v) is 2.64. The molecule has 0 heterocycles. The minimum absolute atomic E-state index is 0.282. The van der Waals surface area contributed by atoms with E-state index >= 15 is 0 Å². The minimum Gasteiger partial charge on any atom is -0.488 e. The molecule has 0 aliphatic heterocycles. The second-order valence-electron chi connectivity index (χ2n) is 5.03. The fraction of sp³-hybridized carbons (Fsp3) is 0.278. The van der Waals surface area contributed by atoms with E-state index in [0.29, 0.717) is 5.75 Å². The SMILES string of the molecule is CCc1cc(C)ccc1OCc1c(Br)cccc1OC(=O)OC. The van der Waals surface area contributed by atoms with Gasteiger partial charge in [0.05, 0.1) is 7.11 Å². The summed E-state index contributed by atoms with van der Waals surface area (Å²) in [4.78, 5) is 11.4. The Bertz CT molecular complexity index is 697. The van der Waals surface area contributed by atoms with Gasteiger partial charge in [0.25, 0.3) is 0 Å². The van der Waals surface area contributed by atoms with Crippen LogP contribution in [-0.2, 0) is 17.8 Å². The smallest absolute Gasteiger partial charge is 0.488 e. The van der Waals surface area contributed by atoms with Crippen LogP contribution in [0.2, 0.25) is 0 Å². The molecular weight excluding hydrogens is 360 g/mol. The summed E-state index contributed by atoms with van der Waals surface area (Å²) < 4.78 is 16.5. The van der Waals surface area contributed by atoms with Gasteiger partial charge in [-0.15, -0.1) is 0 Å². The molecule has 2 aromatic carbocycles. The average Bonchev–Trinajstić information content (AvgIpc) is 2.55. The summed E-state index contributed by atoms with van der Waals surface area (Å²) in [5.41, 5.74) is 3.10. The first kappa shape index (κ1) is 17.3. The highest BCUT2D eigenvalue weighted by Crippen LogP contribution is 2.30. The number of halogens is 1. The Labute approximate surface area is 144 Å². The molecule has 0 amide bonds. The minimum atomic E-state index is -0.756. The lowest BCUT2D eigenvalue weighted by Crippen LogP contribution is -2.10. The Morgan fingerprint density at radius 2 is 1.96 bits per heavy atom. The molecule has 0 aromatic heterocycles. The first-order valence-electron chi connectivity index (χ1n) is 7.30. The van der Waals surface area contributed by atoms with Crippen molar-refractivity contribution in [1.82, 2.24) is 0 Å². The molecule has 0 saturated carbocycles. The van der Waals surface area contributed by atoms with Gasteiger partial charge in [-0.05, 0) is 37.1 Å². The van der Waals surface area contributed by atoms with Crippen LogP contribution in [-0.4, -0.2) is 13.3 Å². The van der Waals surface area contributed by atoms with E-state index in [2.05, 4.69) is 40.6 Å². The van der Waals surface area contributed by atoms with Crippen LogP contribution in [0.15, 0.2) is 40.9 Å². The Hall–Kier alpha value is -2.01. The third-order valence-electron chi connectivity index (χ3n) is 3.40. The molecule has 0 unspecified atom stereocenters. The number of hydrogen-bond acceptors (Lipinski definition) is 4. The van der Waals surface area contributed by atoms with E-state index in [9.17, 15) is 4.79 Å². The maximum Gasteiger partial charge on any atom is 0.513 e. The summed E-state index contributed by atoms with van der Waals surface area (Å²) in [6, 6.07) is 11.5. The lowest BCUT2D eigenvalue weighted by molar-refractivity contribution is 0.120. The van der Waals surface area contributed by atoms with Crippen LogP contribution >= 0.6 is 15.9 Å². The van der Waals surface area contributed by atoms with Crippen molar-refractivity contribution in [2.24, 2.45) is 0 Å². The molecule has 0 aliphatic carbocycles. The quantitative estimate of drug-likeness (QED) is 0.539. The van der Waals surface area contributed by atoms with E-state index in [0.717, 1.165) is 27.8 Å². The molecule has 0 N–H and O–H groups in total. The van der Waals surface area contributed by atoms with E-state index in [1.54, 1.807) is 12.1 Å². The second kappa shape index (κ2) is 8.02. The molecule has 122 valence electrons. The summed E-state index contributed by atoms with van der Waals surface area (Å²) >= 11 is 3.47. The maximum atomic E-state index is 11.4. The predicted octanol–water partition coefficient (Wildman–Crippen LogP) is 5.04. The molecule has 0 atom stereocenters. The van der Waals surface area contributed by atoms with Crippen LogP contribution in [0.4, 0.5) is 4.79 Å². The normalized spacial score (nSPS) is 10.3. The number of rotatable bonds is 5. The van der Waals surface area contributed by atoms with Crippen molar-refractivity contribution in [2.75, 3.05) is 7.11 Å². The average molecular weight is 379 g/mol. The van der Waals surface area contributed by atoms with Crippen LogP contribution in [0.5, 0.6) is 11.5 Å². The first-order valence-corrected chi connectivity index (χ1v) is 8.10. The Balaban J connectivity index is 2.22. The summed E-state index contributed by atoms with van der Waals surface area (Å²) in [5.74, 6) is 1.24. The zero-order valence-electron chi connectivity index (χ0n) is 13.4. The summed E-state index contributed by atoms with van der Waals surface area (Å²) in [5, 5.41) is 0. The summed E-state index contributed by atoms with van der Waals surface area (Å²) in [6.07, 6.45) is 0.132. The van der Waals surface area contributed by atoms with Gasteiger partial charge in [0.15, 0.2) is 0 Å². The summed E-state index contributed by atoms with van der Waals surface area (Å²) in [7, 11) is 1.27. The van der Waals surface area contributed by atoms with Crippen LogP contribution in [0, 0.1) is 6.92 Å². The molecule has 5 heteroatoms. The van der Waals surface area contributed by atoms with Gasteiger partial charge in [0, 0.05) is 10.0 Å². The highest BCUT2D eigenvalue weighted by Gasteiger charge is 2.13. The third kappa shape index (κ3) is 4.48. The van der Waals surface area contributed by atoms with Gasteiger partial charge in [-0.1, -0.05) is 46.6 Å². The van der Waals surface area contributed by atoms with Gasteiger partial charge in [-0.25, -0.2) is 4.79 Å². The van der Waals surface area contributed by atoms with Crippen molar-refractivity contribution in [3.05, 3.63) is 57.6 Å². The van der Waals surface area contributed by atoms with E-state index < -0.39 is 6.16 Å². The lowest BCUT2D eigenvalue weighted by atomic mass is 10.1. The molecule has 0 aliphatic rings. The van der Waals surface area contributed by atoms with Gasteiger partial charge in [-0.2, -0.15) is 0 Å². The van der Waals surface area contributed by atoms with Gasteiger partial charge >= 0.3 is 6.16 Å². The van der Waals surface area contributed by atoms with E-state index in [1.165, 1.54) is 12.7 Å². The molecule has 0 bridgehead atoms. The van der Waals surface area contributed by atoms with Crippen molar-refractivity contribution in [2.45, 2.75) is 26.9 Å². The monoisotopic (exact) mass is 378 g/mol. The van der Waals surface area contributed by atoms with E-state index in [4.69, 9.17) is 9.47 Å². The zero-order valence-corrected chi connectivity index (χ0v) is 15.0. The number of aryl methyl sites for hydroxylation is 2. The standard InChI is InChI=1S/C18H19BrO4/c1-4-13-10-12(2)8-9-16(13)22-11-14-15(19)6-5-7-17(14)23-18(20)21-3/h5-10H,4,11H2,1-3H3. The lowest BCUT2D eigenvalue weighted by Gasteiger charge is -2.14. The predicted molar refractivity (Wildman–Crippen MR) is 92.1 cm³/mol. The molecular formula is C18H19BrO4. The number of hydrogen-bond donors (Lipinski definition) is 0. The number of carbonyl (C=O) groups excluding carboxylic acids is 1. The zero-order chi connectivity index (χ0) is 16.8. The number of methoxy groups -OCH3 is 1. The highest BCUT2D eigenvalue weighted by atomic mass is 79.9. The number of carbonyl (C=O) groups is 1. The van der Waals surface area contributed by atoms with Crippen LogP contribution in [0.25, 0.3) is 0 Å². The van der Waals surface area contributed by atoms with Crippen molar-refractivity contribution in [1.29, 1.82) is 0 Å². The molecule has 0 radical (unpaired) electrons. The second-order valence-corrected chi connectivity index (χ2v) is 5.88. The molecule has 23 heavy (non-hydrogen) atoms.